The summed E-state index contributed by atoms with van der Waals surface area (Å²) in [6.07, 6.45) is 2.82. The minimum atomic E-state index is -0.556. The van der Waals surface area contributed by atoms with E-state index in [1.54, 1.807) is 36.0 Å². The summed E-state index contributed by atoms with van der Waals surface area (Å²) < 4.78 is 13.3. The molecule has 29 heavy (non-hydrogen) atoms. The van der Waals surface area contributed by atoms with Crippen molar-refractivity contribution in [2.45, 2.75) is 44.8 Å². The fraction of sp³-hybridized carbons (Fsp3) is 0.391. The van der Waals surface area contributed by atoms with Gasteiger partial charge in [0.15, 0.2) is 0 Å². The number of unbranched alkanes of at least 4 members (excludes halogenated alkanes) is 1. The van der Waals surface area contributed by atoms with E-state index in [2.05, 4.69) is 6.92 Å². The molecule has 1 aliphatic heterocycles. The van der Waals surface area contributed by atoms with Crippen LogP contribution in [0.2, 0.25) is 0 Å². The highest BCUT2D eigenvalue weighted by Crippen LogP contribution is 2.29. The first-order chi connectivity index (χ1) is 13.9. The van der Waals surface area contributed by atoms with Crippen LogP contribution in [0, 0.1) is 5.82 Å². The average molecular weight is 397 g/mol. The van der Waals surface area contributed by atoms with E-state index in [0.29, 0.717) is 12.1 Å². The zero-order valence-corrected chi connectivity index (χ0v) is 17.2. The van der Waals surface area contributed by atoms with Gasteiger partial charge in [0, 0.05) is 26.2 Å². The van der Waals surface area contributed by atoms with Gasteiger partial charge in [-0.2, -0.15) is 0 Å². The van der Waals surface area contributed by atoms with E-state index in [4.69, 9.17) is 0 Å². The Bertz CT molecular complexity index is 841. The largest absolute Gasteiger partial charge is 0.326 e. The van der Waals surface area contributed by atoms with Crippen molar-refractivity contribution < 1.29 is 14.0 Å². The molecular formula is C23H28FN3O2. The summed E-state index contributed by atoms with van der Waals surface area (Å²) in [5.74, 6) is -0.399. The van der Waals surface area contributed by atoms with Crippen LogP contribution in [0.1, 0.15) is 31.7 Å². The molecule has 1 saturated heterocycles. The Kier molecular flexibility index (Phi) is 6.52. The predicted molar refractivity (Wildman–Crippen MR) is 112 cm³/mol. The van der Waals surface area contributed by atoms with Crippen LogP contribution in [0.5, 0.6) is 0 Å². The molecule has 0 bridgehead atoms. The zero-order valence-electron chi connectivity index (χ0n) is 17.2. The van der Waals surface area contributed by atoms with Crippen LogP contribution < -0.4 is 4.90 Å². The van der Waals surface area contributed by atoms with Gasteiger partial charge in [-0.1, -0.05) is 43.7 Å². The molecule has 1 fully saturated rings. The minimum Gasteiger partial charge on any atom is -0.323 e. The highest BCUT2D eigenvalue weighted by molar-refractivity contribution is 5.97. The number of carbonyl (C=O) groups excluding carboxylic acids is 2. The number of anilines is 1. The standard InChI is InChI=1S/C23H28FN3O2/c1-4-5-11-21-26(3)22(28)20(16-17-9-7-6-8-10-17)27(21)23(29)25(2)19-14-12-18(24)13-15-19/h6-10,12-15,20-21H,4-5,11,16H2,1-3H3/t20-,21+/m0/s1. The molecule has 0 aromatic heterocycles. The van der Waals surface area contributed by atoms with E-state index in [-0.39, 0.29) is 23.9 Å². The molecular weight excluding hydrogens is 369 g/mol. The quantitative estimate of drug-likeness (QED) is 0.730. The third-order valence-corrected chi connectivity index (χ3v) is 5.55. The van der Waals surface area contributed by atoms with Crippen molar-refractivity contribution in [2.24, 2.45) is 0 Å². The van der Waals surface area contributed by atoms with Crippen molar-refractivity contribution in [3.63, 3.8) is 0 Å². The number of halogens is 1. The van der Waals surface area contributed by atoms with Gasteiger partial charge in [-0.05, 0) is 42.7 Å². The van der Waals surface area contributed by atoms with Crippen LogP contribution in [-0.2, 0) is 11.2 Å². The van der Waals surface area contributed by atoms with Gasteiger partial charge in [0.05, 0.1) is 0 Å². The maximum absolute atomic E-state index is 13.5. The fourth-order valence-corrected chi connectivity index (χ4v) is 3.85. The summed E-state index contributed by atoms with van der Waals surface area (Å²) in [7, 11) is 3.43. The molecule has 0 aliphatic carbocycles. The third kappa shape index (κ3) is 4.42. The number of likely N-dealkylation sites (N-methyl/N-ethyl adjacent to an activating group) is 1. The second-order valence-corrected chi connectivity index (χ2v) is 7.50. The van der Waals surface area contributed by atoms with E-state index < -0.39 is 6.04 Å². The molecule has 2 aromatic carbocycles. The van der Waals surface area contributed by atoms with Crippen molar-refractivity contribution in [1.82, 2.24) is 9.80 Å². The van der Waals surface area contributed by atoms with Gasteiger partial charge in [0.25, 0.3) is 0 Å². The summed E-state index contributed by atoms with van der Waals surface area (Å²) >= 11 is 0. The van der Waals surface area contributed by atoms with E-state index in [1.165, 1.54) is 17.0 Å². The Labute approximate surface area is 171 Å². The van der Waals surface area contributed by atoms with Gasteiger partial charge < -0.3 is 4.90 Å². The highest BCUT2D eigenvalue weighted by atomic mass is 19.1. The molecule has 1 aliphatic rings. The number of rotatable bonds is 6. The summed E-state index contributed by atoms with van der Waals surface area (Å²) in [6.45, 7) is 2.09. The Hall–Kier alpha value is -2.89. The van der Waals surface area contributed by atoms with Gasteiger partial charge in [-0.15, -0.1) is 0 Å². The second kappa shape index (κ2) is 9.07. The van der Waals surface area contributed by atoms with Crippen molar-refractivity contribution in [1.29, 1.82) is 0 Å². The number of amides is 3. The van der Waals surface area contributed by atoms with Gasteiger partial charge in [0.1, 0.15) is 18.0 Å². The molecule has 0 N–H and O–H groups in total. The van der Waals surface area contributed by atoms with Crippen LogP contribution in [0.3, 0.4) is 0 Å². The molecule has 1 heterocycles. The average Bonchev–Trinajstić information content (AvgIpc) is 2.97. The number of benzene rings is 2. The molecule has 0 saturated carbocycles. The van der Waals surface area contributed by atoms with Gasteiger partial charge >= 0.3 is 6.03 Å². The van der Waals surface area contributed by atoms with E-state index in [0.717, 1.165) is 24.8 Å². The number of carbonyl (C=O) groups is 2. The maximum Gasteiger partial charge on any atom is 0.326 e. The van der Waals surface area contributed by atoms with Gasteiger partial charge in [-0.25, -0.2) is 9.18 Å². The lowest BCUT2D eigenvalue weighted by Crippen LogP contribution is -2.50. The third-order valence-electron chi connectivity index (χ3n) is 5.55. The lowest BCUT2D eigenvalue weighted by atomic mass is 10.0. The Morgan fingerprint density at radius 2 is 1.76 bits per heavy atom. The molecule has 6 heteroatoms. The van der Waals surface area contributed by atoms with Gasteiger partial charge in [-0.3, -0.25) is 14.6 Å². The maximum atomic E-state index is 13.5. The second-order valence-electron chi connectivity index (χ2n) is 7.50. The van der Waals surface area contributed by atoms with Crippen LogP contribution in [0.4, 0.5) is 14.9 Å². The lowest BCUT2D eigenvalue weighted by molar-refractivity contribution is -0.128. The summed E-state index contributed by atoms with van der Waals surface area (Å²) in [4.78, 5) is 31.4. The zero-order chi connectivity index (χ0) is 21.0. The number of urea groups is 1. The molecule has 0 radical (unpaired) electrons. The molecule has 0 unspecified atom stereocenters. The van der Waals surface area contributed by atoms with Crippen LogP contribution in [0.25, 0.3) is 0 Å². The van der Waals surface area contributed by atoms with Crippen LogP contribution in [-0.4, -0.2) is 48.0 Å². The van der Waals surface area contributed by atoms with Crippen molar-refractivity contribution in [3.05, 3.63) is 66.0 Å². The summed E-state index contributed by atoms with van der Waals surface area (Å²) in [5, 5.41) is 0. The Balaban J connectivity index is 1.91. The van der Waals surface area contributed by atoms with E-state index >= 15 is 0 Å². The SMILES string of the molecule is CCCC[C@@H]1N(C)C(=O)[C@H](Cc2ccccc2)N1C(=O)N(C)c1ccc(F)cc1. The number of nitrogens with zero attached hydrogens (tertiary/aromatic N) is 3. The molecule has 2 atom stereocenters. The summed E-state index contributed by atoms with van der Waals surface area (Å²) in [6, 6.07) is 14.7. The molecule has 0 spiro atoms. The van der Waals surface area contributed by atoms with Crippen molar-refractivity contribution in [3.8, 4) is 0 Å². The van der Waals surface area contributed by atoms with Crippen molar-refractivity contribution in [2.75, 3.05) is 19.0 Å². The molecule has 2 aromatic rings. The molecule has 3 rings (SSSR count). The minimum absolute atomic E-state index is 0.0455. The Morgan fingerprint density at radius 1 is 1.10 bits per heavy atom. The fourth-order valence-electron chi connectivity index (χ4n) is 3.85. The lowest BCUT2D eigenvalue weighted by Gasteiger charge is -2.33. The topological polar surface area (TPSA) is 43.9 Å². The number of hydrogen-bond acceptors (Lipinski definition) is 2. The summed E-state index contributed by atoms with van der Waals surface area (Å²) in [5.41, 5.74) is 1.60. The smallest absolute Gasteiger partial charge is 0.323 e. The number of hydrogen-bond donors (Lipinski definition) is 0. The van der Waals surface area contributed by atoms with Crippen molar-refractivity contribution >= 4 is 17.6 Å². The normalized spacial score (nSPS) is 19.0. The monoisotopic (exact) mass is 397 g/mol. The predicted octanol–water partition coefficient (Wildman–Crippen LogP) is 4.28. The highest BCUT2D eigenvalue weighted by Gasteiger charge is 2.47. The first kappa shape index (κ1) is 20.8. The Morgan fingerprint density at radius 3 is 2.38 bits per heavy atom. The van der Waals surface area contributed by atoms with E-state index in [9.17, 15) is 14.0 Å². The molecule has 3 amide bonds. The van der Waals surface area contributed by atoms with Gasteiger partial charge in [0.2, 0.25) is 5.91 Å². The first-order valence-electron chi connectivity index (χ1n) is 10.1. The molecule has 154 valence electrons. The first-order valence-corrected chi connectivity index (χ1v) is 10.1. The molecule has 5 nitrogen and oxygen atoms in total. The van der Waals surface area contributed by atoms with E-state index in [1.807, 2.05) is 30.3 Å². The van der Waals surface area contributed by atoms with Crippen LogP contribution >= 0.6 is 0 Å². The van der Waals surface area contributed by atoms with Crippen LogP contribution in [0.15, 0.2) is 54.6 Å².